The summed E-state index contributed by atoms with van der Waals surface area (Å²) in [5.74, 6) is 0. The number of hydrogen-bond donors (Lipinski definition) is 0. The molecular weight excluding hydrogens is 309 g/mol. The number of halogens is 1. The molecule has 2 aliphatic rings. The molecule has 2 fully saturated rings. The van der Waals surface area contributed by atoms with Crippen LogP contribution in [-0.2, 0) is 9.31 Å². The van der Waals surface area contributed by atoms with E-state index in [1.54, 1.807) is 0 Å². The van der Waals surface area contributed by atoms with Crippen molar-refractivity contribution in [3.8, 4) is 0 Å². The first kappa shape index (κ1) is 13.6. The molecule has 19 heavy (non-hydrogen) atoms. The third-order valence-corrected chi connectivity index (χ3v) is 5.33. The summed E-state index contributed by atoms with van der Waals surface area (Å²) in [6.07, 6.45) is 3.61. The van der Waals surface area contributed by atoms with E-state index in [9.17, 15) is 0 Å². The van der Waals surface area contributed by atoms with Crippen molar-refractivity contribution in [2.45, 2.75) is 64.2 Å². The van der Waals surface area contributed by atoms with Gasteiger partial charge in [0, 0.05) is 0 Å². The molecule has 0 spiro atoms. The monoisotopic (exact) mass is 327 g/mol. The van der Waals surface area contributed by atoms with E-state index < -0.39 is 7.12 Å². The van der Waals surface area contributed by atoms with Crippen LogP contribution >= 0.6 is 15.9 Å². The van der Waals surface area contributed by atoms with E-state index in [-0.39, 0.29) is 11.2 Å². The van der Waals surface area contributed by atoms with Gasteiger partial charge in [0.05, 0.1) is 17.2 Å². The highest BCUT2D eigenvalue weighted by Gasteiger charge is 2.53. The molecule has 3 rings (SSSR count). The van der Waals surface area contributed by atoms with E-state index >= 15 is 0 Å². The number of nitrogens with zero attached hydrogens (tertiary/aromatic N) is 3. The Labute approximate surface area is 122 Å². The maximum atomic E-state index is 6.01. The molecule has 0 atom stereocenters. The fourth-order valence-corrected chi connectivity index (χ4v) is 2.88. The maximum Gasteiger partial charge on any atom is 0.519 e. The highest BCUT2D eigenvalue weighted by molar-refractivity contribution is 9.10. The molecular formula is C12H19BBrN3O2. The zero-order valence-electron chi connectivity index (χ0n) is 11.8. The number of rotatable bonds is 2. The van der Waals surface area contributed by atoms with Gasteiger partial charge in [-0.3, -0.25) is 0 Å². The fraction of sp³-hybridized carbons (Fsp3) is 0.833. The van der Waals surface area contributed by atoms with Crippen molar-refractivity contribution in [1.82, 2.24) is 15.0 Å². The Morgan fingerprint density at radius 3 is 2.26 bits per heavy atom. The molecule has 0 N–H and O–H groups in total. The van der Waals surface area contributed by atoms with E-state index in [4.69, 9.17) is 9.31 Å². The van der Waals surface area contributed by atoms with E-state index in [1.807, 2.05) is 32.4 Å². The molecule has 1 saturated carbocycles. The molecule has 1 aliphatic carbocycles. The zero-order chi connectivity index (χ0) is 13.8. The highest BCUT2D eigenvalue weighted by atomic mass is 79.9. The first-order valence-electron chi connectivity index (χ1n) is 6.78. The molecule has 2 heterocycles. The SMILES string of the molecule is CC1(C)OB(c2nnn(C3CCC3)c2Br)OC1(C)C. The second-order valence-corrected chi connectivity index (χ2v) is 7.13. The zero-order valence-corrected chi connectivity index (χ0v) is 13.4. The van der Waals surface area contributed by atoms with E-state index in [0.717, 1.165) is 10.2 Å². The van der Waals surface area contributed by atoms with Gasteiger partial charge in [0.1, 0.15) is 10.2 Å². The van der Waals surface area contributed by atoms with Crippen molar-refractivity contribution in [2.75, 3.05) is 0 Å². The quantitative estimate of drug-likeness (QED) is 0.780. The minimum absolute atomic E-state index is 0.350. The third-order valence-electron chi connectivity index (χ3n) is 4.56. The summed E-state index contributed by atoms with van der Waals surface area (Å²) in [7, 11) is -0.451. The summed E-state index contributed by atoms with van der Waals surface area (Å²) in [5.41, 5.74) is 0.0416. The lowest BCUT2D eigenvalue weighted by molar-refractivity contribution is 0.00578. The Morgan fingerprint density at radius 1 is 1.21 bits per heavy atom. The van der Waals surface area contributed by atoms with Crippen molar-refractivity contribution in [1.29, 1.82) is 0 Å². The van der Waals surface area contributed by atoms with Crippen LogP contribution in [0.1, 0.15) is 53.0 Å². The van der Waals surface area contributed by atoms with Crippen LogP contribution in [0, 0.1) is 0 Å². The fourth-order valence-electron chi connectivity index (χ4n) is 2.26. The van der Waals surface area contributed by atoms with Gasteiger partial charge >= 0.3 is 7.12 Å². The van der Waals surface area contributed by atoms with Crippen molar-refractivity contribution in [3.63, 3.8) is 0 Å². The molecule has 1 saturated heterocycles. The van der Waals surface area contributed by atoms with Gasteiger partial charge in [0.15, 0.2) is 0 Å². The van der Waals surface area contributed by atoms with Crippen molar-refractivity contribution in [2.24, 2.45) is 0 Å². The minimum Gasteiger partial charge on any atom is -0.398 e. The predicted octanol–water partition coefficient (Wildman–Crippen LogP) is 2.06. The van der Waals surface area contributed by atoms with E-state index in [0.29, 0.717) is 6.04 Å². The molecule has 1 aromatic heterocycles. The summed E-state index contributed by atoms with van der Waals surface area (Å²) in [4.78, 5) is 0. The Balaban J connectivity index is 1.86. The summed E-state index contributed by atoms with van der Waals surface area (Å²) < 4.78 is 14.8. The van der Waals surface area contributed by atoms with E-state index in [2.05, 4.69) is 26.2 Å². The third kappa shape index (κ3) is 2.06. The minimum atomic E-state index is -0.451. The first-order chi connectivity index (χ1) is 8.82. The lowest BCUT2D eigenvalue weighted by atomic mass is 9.85. The predicted molar refractivity (Wildman–Crippen MR) is 76.3 cm³/mol. The van der Waals surface area contributed by atoms with Gasteiger partial charge in [-0.05, 0) is 62.9 Å². The van der Waals surface area contributed by atoms with Crippen molar-refractivity contribution >= 4 is 28.6 Å². The van der Waals surface area contributed by atoms with Gasteiger partial charge in [-0.25, -0.2) is 4.68 Å². The van der Waals surface area contributed by atoms with Gasteiger partial charge in [0.25, 0.3) is 0 Å². The topological polar surface area (TPSA) is 49.2 Å². The molecule has 1 aromatic rings. The second kappa shape index (κ2) is 4.30. The number of aromatic nitrogens is 3. The Hall–Kier alpha value is -0.395. The maximum absolute atomic E-state index is 6.01. The summed E-state index contributed by atoms with van der Waals surface area (Å²) >= 11 is 3.59. The van der Waals surface area contributed by atoms with Crippen LogP contribution in [0.15, 0.2) is 4.60 Å². The van der Waals surface area contributed by atoms with Crippen LogP contribution in [-0.4, -0.2) is 33.3 Å². The first-order valence-corrected chi connectivity index (χ1v) is 7.57. The average molecular weight is 328 g/mol. The van der Waals surface area contributed by atoms with Crippen LogP contribution in [0.2, 0.25) is 0 Å². The molecule has 0 radical (unpaired) electrons. The molecule has 0 amide bonds. The molecule has 0 unspecified atom stereocenters. The summed E-state index contributed by atoms with van der Waals surface area (Å²) in [6.45, 7) is 8.16. The summed E-state index contributed by atoms with van der Waals surface area (Å²) in [5, 5.41) is 8.49. The largest absolute Gasteiger partial charge is 0.519 e. The van der Waals surface area contributed by atoms with Crippen molar-refractivity contribution in [3.05, 3.63) is 4.60 Å². The Bertz CT molecular complexity index is 483. The van der Waals surface area contributed by atoms with E-state index in [1.165, 1.54) is 19.3 Å². The molecule has 1 aliphatic heterocycles. The number of hydrogen-bond acceptors (Lipinski definition) is 4. The molecule has 5 nitrogen and oxygen atoms in total. The summed E-state index contributed by atoms with van der Waals surface area (Å²) in [6, 6.07) is 0.470. The van der Waals surface area contributed by atoms with Crippen LogP contribution in [0.5, 0.6) is 0 Å². The smallest absolute Gasteiger partial charge is 0.398 e. The Kier molecular flexibility index (Phi) is 3.07. The van der Waals surface area contributed by atoms with Crippen LogP contribution < -0.4 is 5.59 Å². The van der Waals surface area contributed by atoms with Gasteiger partial charge in [-0.1, -0.05) is 5.21 Å². The standard InChI is InChI=1S/C12H19BBrN3O2/c1-11(2)12(3,4)19-13(18-11)9-10(14)17(16-15-9)8-6-5-7-8/h8H,5-7H2,1-4H3. The second-order valence-electron chi connectivity index (χ2n) is 6.38. The van der Waals surface area contributed by atoms with Gasteiger partial charge in [-0.15, -0.1) is 5.10 Å². The van der Waals surface area contributed by atoms with Crippen molar-refractivity contribution < 1.29 is 9.31 Å². The van der Waals surface area contributed by atoms with Gasteiger partial charge in [-0.2, -0.15) is 0 Å². The average Bonchev–Trinajstić information content (AvgIpc) is 2.65. The highest BCUT2D eigenvalue weighted by Crippen LogP contribution is 2.37. The molecule has 104 valence electrons. The van der Waals surface area contributed by atoms with Crippen LogP contribution in [0.4, 0.5) is 0 Å². The normalized spacial score (nSPS) is 25.6. The lowest BCUT2D eigenvalue weighted by Gasteiger charge is -2.32. The van der Waals surface area contributed by atoms with Gasteiger partial charge < -0.3 is 9.31 Å². The Morgan fingerprint density at radius 2 is 1.79 bits per heavy atom. The van der Waals surface area contributed by atoms with Gasteiger partial charge in [0.2, 0.25) is 0 Å². The molecule has 0 bridgehead atoms. The molecule has 0 aromatic carbocycles. The van der Waals surface area contributed by atoms with Crippen LogP contribution in [0.25, 0.3) is 0 Å². The van der Waals surface area contributed by atoms with Crippen LogP contribution in [0.3, 0.4) is 0 Å². The lowest BCUT2D eigenvalue weighted by Crippen LogP contribution is -2.41. The molecule has 7 heteroatoms.